The monoisotopic (exact) mass is 374 g/mol. The van der Waals surface area contributed by atoms with Crippen molar-refractivity contribution in [2.75, 3.05) is 18.0 Å². The Labute approximate surface area is 161 Å². The van der Waals surface area contributed by atoms with Crippen LogP contribution >= 0.6 is 0 Å². The van der Waals surface area contributed by atoms with E-state index in [1.54, 1.807) is 30.6 Å². The average molecular weight is 374 g/mol. The minimum atomic E-state index is -0.303. The molecule has 1 atom stereocenters. The SMILES string of the molecule is N[C@H]1CCN(c2cncc(-c3cc4c(-c5ccccc5F)n[nH]c4cn3)c2)C1. The van der Waals surface area contributed by atoms with Crippen LogP contribution in [0, 0.1) is 5.82 Å². The maximum absolute atomic E-state index is 14.3. The number of hydrogen-bond acceptors (Lipinski definition) is 5. The van der Waals surface area contributed by atoms with Gasteiger partial charge in [-0.1, -0.05) is 12.1 Å². The Morgan fingerprint density at radius 3 is 2.86 bits per heavy atom. The van der Waals surface area contributed by atoms with E-state index in [0.717, 1.165) is 47.4 Å². The molecule has 1 saturated heterocycles. The standard InChI is InChI=1S/C21H19FN6/c22-18-4-2-1-3-16(18)21-17-8-19(25-11-20(17)26-27-21)13-7-15(10-24-9-13)28-6-5-14(23)12-28/h1-4,7-11,14H,5-6,12,23H2,(H,26,27)/t14-/m0/s1. The van der Waals surface area contributed by atoms with Crippen molar-refractivity contribution in [2.24, 2.45) is 5.73 Å². The van der Waals surface area contributed by atoms with Crippen molar-refractivity contribution >= 4 is 16.6 Å². The Morgan fingerprint density at radius 2 is 2.04 bits per heavy atom. The highest BCUT2D eigenvalue weighted by atomic mass is 19.1. The number of halogens is 1. The molecule has 1 fully saturated rings. The van der Waals surface area contributed by atoms with Gasteiger partial charge in [-0.2, -0.15) is 5.10 Å². The number of nitrogens with two attached hydrogens (primary N) is 1. The number of nitrogens with one attached hydrogen (secondary N) is 1. The second-order valence-electron chi connectivity index (χ2n) is 7.09. The number of nitrogens with zero attached hydrogens (tertiary/aromatic N) is 4. The summed E-state index contributed by atoms with van der Waals surface area (Å²) in [5.41, 5.74) is 10.5. The molecule has 0 bridgehead atoms. The molecule has 28 heavy (non-hydrogen) atoms. The van der Waals surface area contributed by atoms with Crippen molar-refractivity contribution in [1.29, 1.82) is 0 Å². The molecule has 5 rings (SSSR count). The minimum Gasteiger partial charge on any atom is -0.369 e. The van der Waals surface area contributed by atoms with E-state index in [1.165, 1.54) is 6.07 Å². The van der Waals surface area contributed by atoms with Crippen LogP contribution in [0.1, 0.15) is 6.42 Å². The fourth-order valence-electron chi connectivity index (χ4n) is 3.70. The van der Waals surface area contributed by atoms with Crippen LogP contribution < -0.4 is 10.6 Å². The van der Waals surface area contributed by atoms with Gasteiger partial charge in [0.2, 0.25) is 0 Å². The molecular formula is C21H19FN6. The van der Waals surface area contributed by atoms with Crippen molar-refractivity contribution in [2.45, 2.75) is 12.5 Å². The van der Waals surface area contributed by atoms with Crippen LogP contribution in [-0.4, -0.2) is 39.3 Å². The summed E-state index contributed by atoms with van der Waals surface area (Å²) in [5.74, 6) is -0.303. The van der Waals surface area contributed by atoms with Gasteiger partial charge in [0.25, 0.3) is 0 Å². The van der Waals surface area contributed by atoms with Gasteiger partial charge in [-0.25, -0.2) is 4.39 Å². The Hall–Kier alpha value is -3.32. The summed E-state index contributed by atoms with van der Waals surface area (Å²) in [6.07, 6.45) is 6.34. The van der Waals surface area contributed by atoms with E-state index in [0.29, 0.717) is 11.3 Å². The number of benzene rings is 1. The summed E-state index contributed by atoms with van der Waals surface area (Å²) < 4.78 is 14.3. The number of hydrogen-bond donors (Lipinski definition) is 2. The first kappa shape index (κ1) is 16.8. The van der Waals surface area contributed by atoms with E-state index < -0.39 is 0 Å². The Bertz CT molecular complexity index is 1150. The molecule has 3 N–H and O–H groups in total. The van der Waals surface area contributed by atoms with Gasteiger partial charge in [-0.15, -0.1) is 0 Å². The lowest BCUT2D eigenvalue weighted by molar-refractivity contribution is 0.631. The van der Waals surface area contributed by atoms with E-state index in [1.807, 2.05) is 12.3 Å². The number of rotatable bonds is 3. The van der Waals surface area contributed by atoms with Crippen LogP contribution in [0.25, 0.3) is 33.4 Å². The van der Waals surface area contributed by atoms with Crippen LogP contribution in [0.15, 0.2) is 55.0 Å². The molecule has 0 spiro atoms. The molecule has 1 aliphatic heterocycles. The molecular weight excluding hydrogens is 355 g/mol. The number of H-pyrrole nitrogens is 1. The fraction of sp³-hybridized carbons (Fsp3) is 0.190. The number of pyridine rings is 2. The van der Waals surface area contributed by atoms with Gasteiger partial charge in [0, 0.05) is 41.8 Å². The molecule has 4 heterocycles. The second-order valence-corrected chi connectivity index (χ2v) is 7.09. The van der Waals surface area contributed by atoms with E-state index in [2.05, 4.69) is 31.1 Å². The molecule has 0 aliphatic carbocycles. The molecule has 1 aromatic carbocycles. The molecule has 0 amide bonds. The second kappa shape index (κ2) is 6.69. The van der Waals surface area contributed by atoms with Gasteiger partial charge >= 0.3 is 0 Å². The van der Waals surface area contributed by atoms with Crippen LogP contribution in [-0.2, 0) is 0 Å². The fourth-order valence-corrected chi connectivity index (χ4v) is 3.70. The third kappa shape index (κ3) is 2.90. The maximum Gasteiger partial charge on any atom is 0.132 e. The summed E-state index contributed by atoms with van der Waals surface area (Å²) in [5, 5.41) is 8.07. The third-order valence-electron chi connectivity index (χ3n) is 5.19. The van der Waals surface area contributed by atoms with Gasteiger partial charge in [0.05, 0.1) is 29.3 Å². The molecule has 1 aliphatic rings. The lowest BCUT2D eigenvalue weighted by atomic mass is 10.1. The van der Waals surface area contributed by atoms with Crippen molar-refractivity contribution in [3.05, 3.63) is 60.8 Å². The molecule has 6 nitrogen and oxygen atoms in total. The largest absolute Gasteiger partial charge is 0.369 e. The zero-order valence-corrected chi connectivity index (χ0v) is 15.1. The molecule has 0 unspecified atom stereocenters. The van der Waals surface area contributed by atoms with Gasteiger partial charge in [0.1, 0.15) is 11.5 Å². The molecule has 0 radical (unpaired) electrons. The summed E-state index contributed by atoms with van der Waals surface area (Å²) in [4.78, 5) is 11.2. The summed E-state index contributed by atoms with van der Waals surface area (Å²) >= 11 is 0. The number of aromatic nitrogens is 4. The van der Waals surface area contributed by atoms with E-state index in [9.17, 15) is 4.39 Å². The van der Waals surface area contributed by atoms with E-state index in [-0.39, 0.29) is 11.9 Å². The first-order valence-electron chi connectivity index (χ1n) is 9.24. The Morgan fingerprint density at radius 1 is 1.14 bits per heavy atom. The summed E-state index contributed by atoms with van der Waals surface area (Å²) in [6, 6.07) is 10.8. The number of fused-ring (bicyclic) bond motifs is 1. The molecule has 3 aromatic heterocycles. The van der Waals surface area contributed by atoms with Gasteiger partial charge in [0.15, 0.2) is 0 Å². The predicted octanol–water partition coefficient (Wildman–Crippen LogP) is 3.36. The molecule has 7 heteroatoms. The zero-order chi connectivity index (χ0) is 19.1. The Kier molecular flexibility index (Phi) is 4.02. The summed E-state index contributed by atoms with van der Waals surface area (Å²) in [7, 11) is 0. The van der Waals surface area contributed by atoms with Gasteiger partial charge in [-0.05, 0) is 30.7 Å². The molecule has 4 aromatic rings. The Balaban J connectivity index is 1.57. The quantitative estimate of drug-likeness (QED) is 0.574. The van der Waals surface area contributed by atoms with Gasteiger partial charge in [-0.3, -0.25) is 15.1 Å². The smallest absolute Gasteiger partial charge is 0.132 e. The first-order chi connectivity index (χ1) is 13.7. The minimum absolute atomic E-state index is 0.201. The summed E-state index contributed by atoms with van der Waals surface area (Å²) in [6.45, 7) is 1.76. The topological polar surface area (TPSA) is 83.7 Å². The number of anilines is 1. The highest BCUT2D eigenvalue weighted by Gasteiger charge is 2.20. The van der Waals surface area contributed by atoms with Gasteiger partial charge < -0.3 is 10.6 Å². The van der Waals surface area contributed by atoms with Crippen molar-refractivity contribution in [1.82, 2.24) is 20.2 Å². The highest BCUT2D eigenvalue weighted by molar-refractivity contribution is 5.94. The third-order valence-corrected chi connectivity index (χ3v) is 5.19. The lowest BCUT2D eigenvalue weighted by Gasteiger charge is -2.18. The van der Waals surface area contributed by atoms with Crippen LogP contribution in [0.4, 0.5) is 10.1 Å². The first-order valence-corrected chi connectivity index (χ1v) is 9.24. The van der Waals surface area contributed by atoms with Crippen molar-refractivity contribution in [3.8, 4) is 22.5 Å². The zero-order valence-electron chi connectivity index (χ0n) is 15.1. The normalized spacial score (nSPS) is 16.8. The maximum atomic E-state index is 14.3. The highest BCUT2D eigenvalue weighted by Crippen LogP contribution is 2.31. The average Bonchev–Trinajstić information content (AvgIpc) is 3.34. The van der Waals surface area contributed by atoms with E-state index >= 15 is 0 Å². The number of aromatic amines is 1. The predicted molar refractivity (Wildman–Crippen MR) is 107 cm³/mol. The van der Waals surface area contributed by atoms with E-state index in [4.69, 9.17) is 5.73 Å². The van der Waals surface area contributed by atoms with Crippen molar-refractivity contribution < 1.29 is 4.39 Å². The molecule has 140 valence electrons. The van der Waals surface area contributed by atoms with Crippen LogP contribution in [0.5, 0.6) is 0 Å². The van der Waals surface area contributed by atoms with Crippen molar-refractivity contribution in [3.63, 3.8) is 0 Å². The van der Waals surface area contributed by atoms with Crippen LogP contribution in [0.3, 0.4) is 0 Å². The molecule has 0 saturated carbocycles. The van der Waals surface area contributed by atoms with Crippen LogP contribution in [0.2, 0.25) is 0 Å². The lowest BCUT2D eigenvalue weighted by Crippen LogP contribution is -2.26.